The fourth-order valence-electron chi connectivity index (χ4n) is 2.57. The highest BCUT2D eigenvalue weighted by Crippen LogP contribution is 2.42. The number of hydrogen-bond acceptors (Lipinski definition) is 7. The van der Waals surface area contributed by atoms with Crippen LogP contribution in [0.2, 0.25) is 5.02 Å². The van der Waals surface area contributed by atoms with E-state index in [-0.39, 0.29) is 16.4 Å². The summed E-state index contributed by atoms with van der Waals surface area (Å²) in [5, 5.41) is 12.7. The lowest BCUT2D eigenvalue weighted by molar-refractivity contribution is -0.150. The van der Waals surface area contributed by atoms with Crippen LogP contribution in [0.4, 0.5) is 0 Å². The zero-order valence-corrected chi connectivity index (χ0v) is 15.5. The summed E-state index contributed by atoms with van der Waals surface area (Å²) in [6, 6.07) is 8.66. The van der Waals surface area contributed by atoms with Gasteiger partial charge in [0.25, 0.3) is 0 Å². The monoisotopic (exact) mass is 394 g/mol. The van der Waals surface area contributed by atoms with Crippen molar-refractivity contribution in [2.24, 2.45) is 5.92 Å². The largest absolute Gasteiger partial charge is 0.468 e. The van der Waals surface area contributed by atoms with Gasteiger partial charge in [0.2, 0.25) is 5.91 Å². The van der Waals surface area contributed by atoms with Crippen LogP contribution in [-0.2, 0) is 23.9 Å². The number of nitrogens with zero attached hydrogens (tertiary/aromatic N) is 1. The predicted molar refractivity (Wildman–Crippen MR) is 95.0 cm³/mol. The van der Waals surface area contributed by atoms with E-state index in [0.717, 1.165) is 18.9 Å². The van der Waals surface area contributed by atoms with E-state index in [1.165, 1.54) is 7.11 Å². The van der Waals surface area contributed by atoms with E-state index in [0.29, 0.717) is 10.6 Å². The Bertz CT molecular complexity index is 818. The number of hydrogen-bond donors (Lipinski definition) is 1. The van der Waals surface area contributed by atoms with Crippen molar-refractivity contribution in [1.82, 2.24) is 5.32 Å². The normalized spacial score (nSPS) is 19.4. The van der Waals surface area contributed by atoms with Gasteiger partial charge in [-0.1, -0.05) is 41.6 Å². The number of halogens is 1. The van der Waals surface area contributed by atoms with Gasteiger partial charge in [-0.05, 0) is 11.6 Å². The number of esters is 2. The van der Waals surface area contributed by atoms with Crippen LogP contribution in [0.5, 0.6) is 0 Å². The molecule has 1 aliphatic rings. The number of nitrogens with one attached hydrogen (secondary N) is 1. The SMILES string of the molecule is COC(=O)CSC1=C(C#N)[C@H](c2ccccc2Cl)[C@H](C(=O)OC)C(=O)N1. The number of allylic oxidation sites excluding steroid dienone is 1. The Morgan fingerprint density at radius 1 is 1.31 bits per heavy atom. The Hall–Kier alpha value is -2.50. The Morgan fingerprint density at radius 2 is 2.00 bits per heavy atom. The molecule has 7 nitrogen and oxygen atoms in total. The number of thioether (sulfide) groups is 1. The third-order valence-electron chi connectivity index (χ3n) is 3.79. The van der Waals surface area contributed by atoms with Gasteiger partial charge in [0, 0.05) is 10.9 Å². The smallest absolute Gasteiger partial charge is 0.319 e. The average molecular weight is 395 g/mol. The first-order valence-corrected chi connectivity index (χ1v) is 8.78. The summed E-state index contributed by atoms with van der Waals surface area (Å²) in [6.07, 6.45) is 0. The zero-order chi connectivity index (χ0) is 19.3. The van der Waals surface area contributed by atoms with E-state index in [1.807, 2.05) is 6.07 Å². The number of ether oxygens (including phenoxy) is 2. The van der Waals surface area contributed by atoms with Crippen LogP contribution >= 0.6 is 23.4 Å². The molecule has 9 heteroatoms. The first kappa shape index (κ1) is 19.8. The third kappa shape index (κ3) is 4.00. The van der Waals surface area contributed by atoms with Crippen molar-refractivity contribution in [3.05, 3.63) is 45.5 Å². The molecule has 2 atom stereocenters. The van der Waals surface area contributed by atoms with Crippen LogP contribution in [0.1, 0.15) is 11.5 Å². The zero-order valence-electron chi connectivity index (χ0n) is 13.9. The van der Waals surface area contributed by atoms with E-state index in [4.69, 9.17) is 16.3 Å². The van der Waals surface area contributed by atoms with E-state index in [9.17, 15) is 19.6 Å². The topological polar surface area (TPSA) is 105 Å². The third-order valence-corrected chi connectivity index (χ3v) is 5.12. The number of carbonyl (C=O) groups is 3. The number of amides is 1. The van der Waals surface area contributed by atoms with Gasteiger partial charge in [-0.3, -0.25) is 14.4 Å². The summed E-state index contributed by atoms with van der Waals surface area (Å²) in [6.45, 7) is 0. The molecule has 0 spiro atoms. The van der Waals surface area contributed by atoms with Gasteiger partial charge in [-0.2, -0.15) is 5.26 Å². The van der Waals surface area contributed by atoms with Crippen molar-refractivity contribution >= 4 is 41.2 Å². The van der Waals surface area contributed by atoms with Crippen LogP contribution in [-0.4, -0.2) is 37.8 Å². The van der Waals surface area contributed by atoms with Crippen molar-refractivity contribution in [2.45, 2.75) is 5.92 Å². The highest BCUT2D eigenvalue weighted by atomic mass is 35.5. The number of methoxy groups -OCH3 is 2. The molecule has 1 aliphatic heterocycles. The van der Waals surface area contributed by atoms with Crippen molar-refractivity contribution in [3.8, 4) is 6.07 Å². The summed E-state index contributed by atoms with van der Waals surface area (Å²) < 4.78 is 9.31. The van der Waals surface area contributed by atoms with Gasteiger partial charge in [0.15, 0.2) is 0 Å². The highest BCUT2D eigenvalue weighted by molar-refractivity contribution is 8.03. The van der Waals surface area contributed by atoms with Crippen LogP contribution in [0.25, 0.3) is 0 Å². The summed E-state index contributed by atoms with van der Waals surface area (Å²) in [7, 11) is 2.40. The Morgan fingerprint density at radius 3 is 2.58 bits per heavy atom. The molecule has 1 heterocycles. The summed E-state index contributed by atoms with van der Waals surface area (Å²) >= 11 is 7.19. The van der Waals surface area contributed by atoms with Crippen molar-refractivity contribution in [2.75, 3.05) is 20.0 Å². The maximum absolute atomic E-state index is 12.5. The van der Waals surface area contributed by atoms with Crippen molar-refractivity contribution < 1.29 is 23.9 Å². The summed E-state index contributed by atoms with van der Waals surface area (Å²) in [5.41, 5.74) is 0.578. The van der Waals surface area contributed by atoms with Crippen LogP contribution in [0.3, 0.4) is 0 Å². The number of rotatable bonds is 5. The molecule has 1 aromatic rings. The second-order valence-corrected chi connectivity index (χ2v) is 6.60. The van der Waals surface area contributed by atoms with E-state index in [1.54, 1.807) is 24.3 Å². The molecule has 1 aromatic carbocycles. The van der Waals surface area contributed by atoms with Gasteiger partial charge in [0.05, 0.1) is 36.6 Å². The minimum atomic E-state index is -1.27. The van der Waals surface area contributed by atoms with Gasteiger partial charge < -0.3 is 14.8 Å². The van der Waals surface area contributed by atoms with Crippen LogP contribution in [0, 0.1) is 17.2 Å². The Labute approximate surface area is 159 Å². The number of nitriles is 1. The van der Waals surface area contributed by atoms with E-state index >= 15 is 0 Å². The fourth-order valence-corrected chi connectivity index (χ4v) is 3.71. The molecular formula is C17H15ClN2O5S. The van der Waals surface area contributed by atoms with Crippen LogP contribution < -0.4 is 5.32 Å². The first-order chi connectivity index (χ1) is 12.4. The van der Waals surface area contributed by atoms with Gasteiger partial charge in [0.1, 0.15) is 5.92 Å². The highest BCUT2D eigenvalue weighted by Gasteiger charge is 2.45. The molecule has 26 heavy (non-hydrogen) atoms. The number of benzene rings is 1. The molecule has 0 aliphatic carbocycles. The molecular weight excluding hydrogens is 380 g/mol. The maximum Gasteiger partial charge on any atom is 0.319 e. The molecule has 1 N–H and O–H groups in total. The second kappa shape index (κ2) is 8.74. The lowest BCUT2D eigenvalue weighted by Gasteiger charge is -2.31. The lowest BCUT2D eigenvalue weighted by Crippen LogP contribution is -2.44. The maximum atomic E-state index is 12.5. The molecule has 0 radical (unpaired) electrons. The summed E-state index contributed by atoms with van der Waals surface area (Å²) in [4.78, 5) is 36.2. The average Bonchev–Trinajstić information content (AvgIpc) is 2.65. The Balaban J connectivity index is 2.58. The van der Waals surface area contributed by atoms with Crippen LogP contribution in [0.15, 0.2) is 34.9 Å². The first-order valence-electron chi connectivity index (χ1n) is 7.41. The molecule has 0 fully saturated rings. The molecule has 136 valence electrons. The van der Waals surface area contributed by atoms with Gasteiger partial charge >= 0.3 is 11.9 Å². The summed E-state index contributed by atoms with van der Waals surface area (Å²) in [5.74, 6) is -4.22. The molecule has 1 amide bonds. The molecule has 2 rings (SSSR count). The van der Waals surface area contributed by atoms with E-state index in [2.05, 4.69) is 10.1 Å². The van der Waals surface area contributed by atoms with Gasteiger partial charge in [-0.25, -0.2) is 0 Å². The standard InChI is InChI=1S/C17H15ClN2O5S/c1-24-12(21)8-26-16-10(7-19)13(9-5-3-4-6-11(9)18)14(15(22)20-16)17(23)25-2/h3-6,13-14H,8H2,1-2H3,(H,20,22)/t13-,14-/m0/s1. The van der Waals surface area contributed by atoms with Crippen molar-refractivity contribution in [3.63, 3.8) is 0 Å². The Kier molecular flexibility index (Phi) is 6.66. The lowest BCUT2D eigenvalue weighted by atomic mass is 9.78. The molecule has 0 aromatic heterocycles. The second-order valence-electron chi connectivity index (χ2n) is 5.21. The minimum Gasteiger partial charge on any atom is -0.468 e. The quantitative estimate of drug-likeness (QED) is 0.601. The molecule has 0 bridgehead atoms. The molecule has 0 saturated carbocycles. The van der Waals surface area contributed by atoms with Gasteiger partial charge in [-0.15, -0.1) is 0 Å². The van der Waals surface area contributed by atoms with E-state index < -0.39 is 29.7 Å². The minimum absolute atomic E-state index is 0.102. The number of carbonyl (C=O) groups excluding carboxylic acids is 3. The molecule has 0 unspecified atom stereocenters. The molecule has 0 saturated heterocycles. The predicted octanol–water partition coefficient (Wildman–Crippen LogP) is 1.98. The van der Waals surface area contributed by atoms with Crippen molar-refractivity contribution in [1.29, 1.82) is 5.26 Å². The fraction of sp³-hybridized carbons (Fsp3) is 0.294.